The van der Waals surface area contributed by atoms with Crippen molar-refractivity contribution in [1.82, 2.24) is 0 Å². The molecule has 1 aliphatic heterocycles. The topological polar surface area (TPSA) is 46.6 Å². The number of para-hydroxylation sites is 1. The largest absolute Gasteiger partial charge is 0.444 e. The average Bonchev–Trinajstić information content (AvgIpc) is 2.92. The molecule has 4 heteroatoms. The van der Waals surface area contributed by atoms with Gasteiger partial charge in [0.15, 0.2) is 0 Å². The van der Waals surface area contributed by atoms with Gasteiger partial charge in [-0.25, -0.2) is 4.79 Å². The van der Waals surface area contributed by atoms with E-state index in [1.54, 1.807) is 0 Å². The highest BCUT2D eigenvalue weighted by Gasteiger charge is 2.34. The second kappa shape index (κ2) is 5.79. The zero-order chi connectivity index (χ0) is 14.7. The van der Waals surface area contributed by atoms with Crippen molar-refractivity contribution in [2.75, 3.05) is 4.90 Å². The minimum absolute atomic E-state index is 0.198. The quantitative estimate of drug-likeness (QED) is 0.813. The molecule has 1 amide bonds. The molecule has 0 fully saturated rings. The molecule has 0 aromatic heterocycles. The second-order valence-corrected chi connectivity index (χ2v) is 4.95. The molecule has 4 nitrogen and oxygen atoms in total. The fourth-order valence-corrected chi connectivity index (χ4v) is 2.55. The van der Waals surface area contributed by atoms with E-state index in [4.69, 9.17) is 4.74 Å². The number of nitrogens with zero attached hydrogens (tertiary/aromatic N) is 1. The van der Waals surface area contributed by atoms with Crippen LogP contribution in [0.25, 0.3) is 0 Å². The number of benzene rings is 2. The van der Waals surface area contributed by atoms with Crippen molar-refractivity contribution in [3.05, 3.63) is 65.7 Å². The van der Waals surface area contributed by atoms with Gasteiger partial charge >= 0.3 is 6.09 Å². The minimum Gasteiger partial charge on any atom is -0.444 e. The Bertz CT molecular complexity index is 654. The molecule has 0 N–H and O–H groups in total. The average molecular weight is 281 g/mol. The van der Waals surface area contributed by atoms with E-state index in [9.17, 15) is 9.59 Å². The number of anilines is 1. The molecule has 1 atom stereocenters. The first-order chi connectivity index (χ1) is 10.3. The Hall–Kier alpha value is -2.62. The van der Waals surface area contributed by atoms with Crippen LogP contribution in [-0.4, -0.2) is 18.4 Å². The van der Waals surface area contributed by atoms with Crippen molar-refractivity contribution in [3.63, 3.8) is 0 Å². The molecule has 3 rings (SSSR count). The van der Waals surface area contributed by atoms with Gasteiger partial charge in [0, 0.05) is 6.42 Å². The fraction of sp³-hybridized carbons (Fsp3) is 0.176. The van der Waals surface area contributed by atoms with Crippen molar-refractivity contribution in [2.24, 2.45) is 0 Å². The Kier molecular flexibility index (Phi) is 3.69. The Morgan fingerprint density at radius 3 is 2.62 bits per heavy atom. The molecular weight excluding hydrogens is 266 g/mol. The van der Waals surface area contributed by atoms with Crippen molar-refractivity contribution in [2.45, 2.75) is 19.1 Å². The van der Waals surface area contributed by atoms with Gasteiger partial charge in [-0.2, -0.15) is 0 Å². The molecule has 2 aromatic rings. The summed E-state index contributed by atoms with van der Waals surface area (Å²) < 4.78 is 5.33. The predicted octanol–water partition coefficient (Wildman–Crippen LogP) is 2.95. The molecular formula is C17H15NO3. The standard InChI is InChI=1S/C17H15NO3/c19-11-15-10-14-8-4-5-9-16(14)18(15)17(20)21-12-13-6-2-1-3-7-13/h1-9,11,15H,10,12H2/t15-/m1/s1. The molecule has 1 heterocycles. The maximum Gasteiger partial charge on any atom is 0.415 e. The summed E-state index contributed by atoms with van der Waals surface area (Å²) in [7, 11) is 0. The highest BCUT2D eigenvalue weighted by molar-refractivity contribution is 5.95. The highest BCUT2D eigenvalue weighted by Crippen LogP contribution is 2.31. The first-order valence-electron chi connectivity index (χ1n) is 6.82. The van der Waals surface area contributed by atoms with E-state index in [1.165, 1.54) is 4.90 Å². The van der Waals surface area contributed by atoms with E-state index in [-0.39, 0.29) is 6.61 Å². The van der Waals surface area contributed by atoms with Crippen molar-refractivity contribution < 1.29 is 14.3 Å². The number of ether oxygens (including phenoxy) is 1. The van der Waals surface area contributed by atoms with Gasteiger partial charge in [0.1, 0.15) is 12.9 Å². The summed E-state index contributed by atoms with van der Waals surface area (Å²) in [6.45, 7) is 0.198. The monoisotopic (exact) mass is 281 g/mol. The Labute approximate surface area is 123 Å². The summed E-state index contributed by atoms with van der Waals surface area (Å²) in [5, 5.41) is 0. The van der Waals surface area contributed by atoms with Crippen molar-refractivity contribution >= 4 is 18.1 Å². The number of hydrogen-bond donors (Lipinski definition) is 0. The number of carbonyl (C=O) groups is 2. The third-order valence-corrected chi connectivity index (χ3v) is 3.57. The molecule has 2 aromatic carbocycles. The molecule has 0 bridgehead atoms. The van der Waals surface area contributed by atoms with Gasteiger partial charge in [0.05, 0.1) is 11.7 Å². The normalized spacial score (nSPS) is 16.4. The third kappa shape index (κ3) is 2.65. The zero-order valence-corrected chi connectivity index (χ0v) is 11.4. The van der Waals surface area contributed by atoms with E-state index in [0.717, 1.165) is 23.1 Å². The molecule has 0 spiro atoms. The summed E-state index contributed by atoms with van der Waals surface area (Å²) >= 11 is 0. The number of carbonyl (C=O) groups excluding carboxylic acids is 2. The van der Waals surface area contributed by atoms with Crippen LogP contribution in [0.1, 0.15) is 11.1 Å². The predicted molar refractivity (Wildman–Crippen MR) is 79.1 cm³/mol. The molecule has 21 heavy (non-hydrogen) atoms. The number of rotatable bonds is 3. The molecule has 106 valence electrons. The van der Waals surface area contributed by atoms with Crippen LogP contribution in [0.3, 0.4) is 0 Å². The van der Waals surface area contributed by atoms with Crippen LogP contribution < -0.4 is 4.90 Å². The van der Waals surface area contributed by atoms with Gasteiger partial charge in [-0.15, -0.1) is 0 Å². The van der Waals surface area contributed by atoms with Crippen molar-refractivity contribution in [1.29, 1.82) is 0 Å². The lowest BCUT2D eigenvalue weighted by molar-refractivity contribution is -0.108. The maximum atomic E-state index is 12.3. The number of fused-ring (bicyclic) bond motifs is 1. The van der Waals surface area contributed by atoms with Crippen LogP contribution in [-0.2, 0) is 22.6 Å². The maximum absolute atomic E-state index is 12.3. The summed E-state index contributed by atoms with van der Waals surface area (Å²) in [4.78, 5) is 24.9. The van der Waals surface area contributed by atoms with Crippen LogP contribution in [0.5, 0.6) is 0 Å². The molecule has 0 radical (unpaired) electrons. The van der Waals surface area contributed by atoms with Crippen LogP contribution >= 0.6 is 0 Å². The zero-order valence-electron chi connectivity index (χ0n) is 11.4. The Morgan fingerprint density at radius 1 is 1.14 bits per heavy atom. The molecule has 0 aliphatic carbocycles. The summed E-state index contributed by atoms with van der Waals surface area (Å²) in [5.74, 6) is 0. The van der Waals surface area contributed by atoms with E-state index < -0.39 is 12.1 Å². The van der Waals surface area contributed by atoms with Gasteiger partial charge < -0.3 is 9.53 Å². The molecule has 0 saturated carbocycles. The summed E-state index contributed by atoms with van der Waals surface area (Å²) in [5.41, 5.74) is 2.67. The lowest BCUT2D eigenvalue weighted by Crippen LogP contribution is -2.39. The fourth-order valence-electron chi connectivity index (χ4n) is 2.55. The van der Waals surface area contributed by atoms with Crippen LogP contribution in [0, 0.1) is 0 Å². The first-order valence-corrected chi connectivity index (χ1v) is 6.82. The number of hydrogen-bond acceptors (Lipinski definition) is 3. The SMILES string of the molecule is O=C[C@H]1Cc2ccccc2N1C(=O)OCc1ccccc1. The van der Waals surface area contributed by atoms with Gasteiger partial charge in [-0.05, 0) is 17.2 Å². The molecule has 0 saturated heterocycles. The van der Waals surface area contributed by atoms with Crippen LogP contribution in [0.15, 0.2) is 54.6 Å². The summed E-state index contributed by atoms with van der Waals surface area (Å²) in [6, 6.07) is 16.5. The van der Waals surface area contributed by atoms with Gasteiger partial charge in [-0.3, -0.25) is 4.90 Å². The lowest BCUT2D eigenvalue weighted by Gasteiger charge is -2.21. The Morgan fingerprint density at radius 2 is 1.86 bits per heavy atom. The third-order valence-electron chi connectivity index (χ3n) is 3.57. The van der Waals surface area contributed by atoms with Gasteiger partial charge in [0.25, 0.3) is 0 Å². The van der Waals surface area contributed by atoms with E-state index >= 15 is 0 Å². The van der Waals surface area contributed by atoms with E-state index in [0.29, 0.717) is 6.42 Å². The van der Waals surface area contributed by atoms with Crippen LogP contribution in [0.2, 0.25) is 0 Å². The first kappa shape index (κ1) is 13.4. The van der Waals surface area contributed by atoms with E-state index in [2.05, 4.69) is 0 Å². The molecule has 0 unspecified atom stereocenters. The van der Waals surface area contributed by atoms with Crippen LogP contribution in [0.4, 0.5) is 10.5 Å². The smallest absolute Gasteiger partial charge is 0.415 e. The summed E-state index contributed by atoms with van der Waals surface area (Å²) in [6.07, 6.45) is 0.852. The second-order valence-electron chi connectivity index (χ2n) is 4.95. The van der Waals surface area contributed by atoms with Crippen molar-refractivity contribution in [3.8, 4) is 0 Å². The highest BCUT2D eigenvalue weighted by atomic mass is 16.6. The minimum atomic E-state index is -0.485. The number of aldehydes is 1. The van der Waals surface area contributed by atoms with E-state index in [1.807, 2.05) is 54.6 Å². The van der Waals surface area contributed by atoms with Gasteiger partial charge in [0.2, 0.25) is 0 Å². The Balaban J connectivity index is 1.75. The number of amides is 1. The van der Waals surface area contributed by atoms with Gasteiger partial charge in [-0.1, -0.05) is 48.5 Å². The lowest BCUT2D eigenvalue weighted by atomic mass is 10.1. The molecule has 1 aliphatic rings.